The normalized spacial score (nSPS) is 15.9. The molecule has 27 heavy (non-hydrogen) atoms. The Hall–Kier alpha value is -2.03. The van der Waals surface area contributed by atoms with E-state index in [9.17, 15) is 4.79 Å². The third-order valence-corrected chi connectivity index (χ3v) is 6.92. The third-order valence-electron chi connectivity index (χ3n) is 5.03. The molecule has 1 fully saturated rings. The summed E-state index contributed by atoms with van der Waals surface area (Å²) in [6.45, 7) is 7.33. The highest BCUT2D eigenvalue weighted by Crippen LogP contribution is 2.30. The number of nitrogens with one attached hydrogen (secondary N) is 1. The molecular formula is C19H23N5OS2. The van der Waals surface area contributed by atoms with Crippen LogP contribution in [0.4, 0.5) is 5.82 Å². The van der Waals surface area contributed by atoms with Crippen molar-refractivity contribution in [1.82, 2.24) is 19.7 Å². The van der Waals surface area contributed by atoms with Gasteiger partial charge in [-0.25, -0.2) is 9.67 Å². The zero-order chi connectivity index (χ0) is 18.8. The van der Waals surface area contributed by atoms with Crippen LogP contribution in [0, 0.1) is 6.92 Å². The number of amides is 1. The predicted molar refractivity (Wildman–Crippen MR) is 111 cm³/mol. The average molecular weight is 402 g/mol. The molecule has 4 heterocycles. The molecule has 0 bridgehead atoms. The molecule has 1 aliphatic heterocycles. The van der Waals surface area contributed by atoms with Gasteiger partial charge in [-0.3, -0.25) is 4.79 Å². The smallest absolute Gasteiger partial charge is 0.268 e. The number of rotatable bonds is 5. The summed E-state index contributed by atoms with van der Waals surface area (Å²) < 4.78 is 1.97. The lowest BCUT2D eigenvalue weighted by molar-refractivity contribution is 0.102. The molecule has 142 valence electrons. The lowest BCUT2D eigenvalue weighted by Gasteiger charge is -2.31. The van der Waals surface area contributed by atoms with E-state index in [0.717, 1.165) is 54.6 Å². The van der Waals surface area contributed by atoms with E-state index in [-0.39, 0.29) is 5.91 Å². The van der Waals surface area contributed by atoms with Crippen LogP contribution in [0.3, 0.4) is 0 Å². The van der Waals surface area contributed by atoms with Gasteiger partial charge in [0.25, 0.3) is 5.91 Å². The number of anilines is 1. The van der Waals surface area contributed by atoms with E-state index < -0.39 is 0 Å². The summed E-state index contributed by atoms with van der Waals surface area (Å²) in [7, 11) is 0. The third kappa shape index (κ3) is 3.83. The maximum Gasteiger partial charge on any atom is 0.268 e. The molecule has 0 saturated carbocycles. The summed E-state index contributed by atoms with van der Waals surface area (Å²) in [4.78, 5) is 20.5. The Morgan fingerprint density at radius 2 is 2.15 bits per heavy atom. The molecule has 3 aromatic rings. The van der Waals surface area contributed by atoms with E-state index >= 15 is 0 Å². The number of nitrogens with zero attached hydrogens (tertiary/aromatic N) is 4. The fraction of sp³-hybridized carbons (Fsp3) is 0.421. The number of carbonyl (C=O) groups excluding carboxylic acids is 1. The van der Waals surface area contributed by atoms with Crippen LogP contribution in [0.2, 0.25) is 0 Å². The molecule has 0 radical (unpaired) electrons. The minimum absolute atomic E-state index is 0.112. The zero-order valence-electron chi connectivity index (χ0n) is 15.5. The van der Waals surface area contributed by atoms with Crippen LogP contribution in [0.15, 0.2) is 29.1 Å². The SMILES string of the molecule is CCN1CCC(n2nccc2NC(=O)c2sc(-c3ccsc3)nc2C)CC1. The monoisotopic (exact) mass is 401 g/mol. The van der Waals surface area contributed by atoms with Crippen LogP contribution < -0.4 is 5.32 Å². The van der Waals surface area contributed by atoms with Crippen LogP contribution >= 0.6 is 22.7 Å². The topological polar surface area (TPSA) is 63.1 Å². The van der Waals surface area contributed by atoms with E-state index in [2.05, 4.69) is 32.6 Å². The van der Waals surface area contributed by atoms with Crippen molar-refractivity contribution in [2.24, 2.45) is 0 Å². The van der Waals surface area contributed by atoms with E-state index in [4.69, 9.17) is 0 Å². The van der Waals surface area contributed by atoms with Crippen molar-refractivity contribution >= 4 is 34.4 Å². The Labute approximate surface area is 166 Å². The molecule has 3 aromatic heterocycles. The van der Waals surface area contributed by atoms with Gasteiger partial charge in [0.2, 0.25) is 0 Å². The van der Waals surface area contributed by atoms with Crippen molar-refractivity contribution in [2.75, 3.05) is 25.0 Å². The van der Waals surface area contributed by atoms with Crippen molar-refractivity contribution < 1.29 is 4.79 Å². The number of aromatic nitrogens is 3. The standard InChI is InChI=1S/C19H23N5OS2/c1-3-23-9-5-15(6-10-23)24-16(4-8-20-24)22-18(25)17-13(2)21-19(27-17)14-7-11-26-12-14/h4,7-8,11-12,15H,3,5-6,9-10H2,1-2H3,(H,22,25). The van der Waals surface area contributed by atoms with Gasteiger partial charge in [-0.05, 0) is 37.8 Å². The number of likely N-dealkylation sites (tertiary alicyclic amines) is 1. The summed E-state index contributed by atoms with van der Waals surface area (Å²) >= 11 is 3.07. The first kappa shape index (κ1) is 18.3. The minimum atomic E-state index is -0.112. The number of thiophene rings is 1. The first-order valence-electron chi connectivity index (χ1n) is 9.23. The fourth-order valence-electron chi connectivity index (χ4n) is 3.47. The molecule has 1 aliphatic rings. The quantitative estimate of drug-likeness (QED) is 0.693. The maximum absolute atomic E-state index is 12.9. The summed E-state index contributed by atoms with van der Waals surface area (Å²) in [5.74, 6) is 0.652. The van der Waals surface area contributed by atoms with E-state index in [1.807, 2.05) is 29.1 Å². The van der Waals surface area contributed by atoms with Crippen LogP contribution in [-0.2, 0) is 0 Å². The lowest BCUT2D eigenvalue weighted by Crippen LogP contribution is -2.35. The van der Waals surface area contributed by atoms with Crippen LogP contribution in [0.25, 0.3) is 10.6 Å². The van der Waals surface area contributed by atoms with Crippen LogP contribution in [-0.4, -0.2) is 45.2 Å². The lowest BCUT2D eigenvalue weighted by atomic mass is 10.1. The number of aryl methyl sites for hydroxylation is 1. The number of carbonyl (C=O) groups is 1. The van der Waals surface area contributed by atoms with Crippen molar-refractivity contribution in [3.05, 3.63) is 39.7 Å². The van der Waals surface area contributed by atoms with Crippen molar-refractivity contribution in [3.63, 3.8) is 0 Å². The Morgan fingerprint density at radius 3 is 2.85 bits per heavy atom. The van der Waals surface area contributed by atoms with Crippen molar-refractivity contribution in [1.29, 1.82) is 0 Å². The van der Waals surface area contributed by atoms with Gasteiger partial charge in [0.1, 0.15) is 15.7 Å². The summed E-state index contributed by atoms with van der Waals surface area (Å²) in [5, 5.41) is 12.5. The molecule has 0 aliphatic carbocycles. The molecule has 0 unspecified atom stereocenters. The van der Waals surface area contributed by atoms with Gasteiger partial charge >= 0.3 is 0 Å². The minimum Gasteiger partial charge on any atom is -0.306 e. The Kier molecular flexibility index (Phi) is 5.38. The molecule has 4 rings (SSSR count). The number of thiazole rings is 1. The first-order chi connectivity index (χ1) is 13.2. The van der Waals surface area contributed by atoms with E-state index in [1.54, 1.807) is 17.5 Å². The molecule has 0 aromatic carbocycles. The summed E-state index contributed by atoms with van der Waals surface area (Å²) in [6.07, 6.45) is 3.87. The largest absolute Gasteiger partial charge is 0.306 e. The van der Waals surface area contributed by atoms with Gasteiger partial charge in [0.05, 0.1) is 17.9 Å². The Morgan fingerprint density at radius 1 is 1.33 bits per heavy atom. The fourth-order valence-corrected chi connectivity index (χ4v) is 5.15. The van der Waals surface area contributed by atoms with Crippen LogP contribution in [0.5, 0.6) is 0 Å². The average Bonchev–Trinajstić information content (AvgIpc) is 3.42. The zero-order valence-corrected chi connectivity index (χ0v) is 17.1. The van der Waals surface area contributed by atoms with Crippen molar-refractivity contribution in [3.8, 4) is 10.6 Å². The second-order valence-corrected chi connectivity index (χ2v) is 8.51. The van der Waals surface area contributed by atoms with Gasteiger partial charge in [-0.15, -0.1) is 11.3 Å². The highest BCUT2D eigenvalue weighted by atomic mass is 32.1. The second kappa shape index (κ2) is 7.92. The van der Waals surface area contributed by atoms with Gasteiger partial charge in [-0.2, -0.15) is 16.4 Å². The highest BCUT2D eigenvalue weighted by molar-refractivity contribution is 7.17. The number of piperidine rings is 1. The van der Waals surface area contributed by atoms with E-state index in [0.29, 0.717) is 10.9 Å². The predicted octanol–water partition coefficient (Wildman–Crippen LogP) is 4.29. The number of hydrogen-bond acceptors (Lipinski definition) is 6. The van der Waals surface area contributed by atoms with Gasteiger partial charge in [0.15, 0.2) is 0 Å². The van der Waals surface area contributed by atoms with Gasteiger partial charge < -0.3 is 10.2 Å². The Bertz CT molecular complexity index is 907. The summed E-state index contributed by atoms with van der Waals surface area (Å²) in [5.41, 5.74) is 1.83. The second-order valence-electron chi connectivity index (χ2n) is 6.73. The molecule has 1 N–H and O–H groups in total. The van der Waals surface area contributed by atoms with Gasteiger partial charge in [-0.1, -0.05) is 6.92 Å². The van der Waals surface area contributed by atoms with Gasteiger partial charge in [0, 0.05) is 30.1 Å². The molecule has 1 saturated heterocycles. The van der Waals surface area contributed by atoms with Crippen LogP contribution in [0.1, 0.15) is 41.2 Å². The maximum atomic E-state index is 12.9. The van der Waals surface area contributed by atoms with E-state index in [1.165, 1.54) is 11.3 Å². The summed E-state index contributed by atoms with van der Waals surface area (Å²) in [6, 6.07) is 4.24. The number of hydrogen-bond donors (Lipinski definition) is 1. The molecule has 1 amide bonds. The van der Waals surface area contributed by atoms with Crippen molar-refractivity contribution in [2.45, 2.75) is 32.7 Å². The first-order valence-corrected chi connectivity index (χ1v) is 11.0. The molecule has 0 atom stereocenters. The highest BCUT2D eigenvalue weighted by Gasteiger charge is 2.23. The molecule has 6 nitrogen and oxygen atoms in total. The molecule has 0 spiro atoms. The molecular weight excluding hydrogens is 378 g/mol. The molecule has 8 heteroatoms. The Balaban J connectivity index is 1.49.